The molecule has 0 fully saturated rings. The van der Waals surface area contributed by atoms with Crippen LogP contribution in [-0.4, -0.2) is 46.2 Å². The molecule has 0 atom stereocenters. The van der Waals surface area contributed by atoms with Crippen LogP contribution in [0.5, 0.6) is 11.5 Å². The van der Waals surface area contributed by atoms with Crippen molar-refractivity contribution in [2.24, 2.45) is 0 Å². The van der Waals surface area contributed by atoms with Gasteiger partial charge in [-0.25, -0.2) is 0 Å². The van der Waals surface area contributed by atoms with E-state index in [1.807, 2.05) is 53.1 Å². The molecular weight excluding hydrogens is 466 g/mol. The molecule has 9 nitrogen and oxygen atoms in total. The number of rotatable bonds is 7. The van der Waals surface area contributed by atoms with Crippen LogP contribution in [0.25, 0.3) is 17.1 Å². The number of carbonyl (C=O) groups is 2. The summed E-state index contributed by atoms with van der Waals surface area (Å²) in [5, 5.41) is 14.8. The molecule has 0 saturated heterocycles. The maximum Gasteiger partial charge on any atom is 0.251 e. The minimum atomic E-state index is -0.199. The average Bonchev–Trinajstić information content (AvgIpc) is 3.54. The minimum absolute atomic E-state index is 0.128. The van der Waals surface area contributed by atoms with E-state index < -0.39 is 0 Å². The number of hydrogen-bond acceptors (Lipinski definition) is 7. The lowest BCUT2D eigenvalue weighted by atomic mass is 10.2. The Morgan fingerprint density at radius 3 is 2.51 bits per heavy atom. The van der Waals surface area contributed by atoms with Gasteiger partial charge in [0, 0.05) is 29.5 Å². The Morgan fingerprint density at radius 1 is 0.971 bits per heavy atom. The number of carbonyl (C=O) groups excluding carboxylic acids is 2. The maximum absolute atomic E-state index is 12.6. The van der Waals surface area contributed by atoms with Gasteiger partial charge in [-0.3, -0.25) is 14.2 Å². The lowest BCUT2D eigenvalue weighted by Crippen LogP contribution is -2.18. The summed E-state index contributed by atoms with van der Waals surface area (Å²) < 4.78 is 12.8. The van der Waals surface area contributed by atoms with Crippen LogP contribution >= 0.6 is 11.8 Å². The lowest BCUT2D eigenvalue weighted by molar-refractivity contribution is -0.113. The Bertz CT molecular complexity index is 1370. The number of nitrogens with one attached hydrogen (secondary N) is 2. The van der Waals surface area contributed by atoms with Crippen LogP contribution in [0, 0.1) is 0 Å². The number of hydrogen-bond donors (Lipinski definition) is 2. The van der Waals surface area contributed by atoms with Gasteiger partial charge in [-0.15, -0.1) is 10.2 Å². The first-order valence-electron chi connectivity index (χ1n) is 10.8. The van der Waals surface area contributed by atoms with Gasteiger partial charge in [0.2, 0.25) is 12.7 Å². The number of para-hydroxylation sites is 1. The number of benzene rings is 3. The molecule has 4 aromatic rings. The Labute approximate surface area is 205 Å². The zero-order valence-corrected chi connectivity index (χ0v) is 19.5. The average molecular weight is 488 g/mol. The summed E-state index contributed by atoms with van der Waals surface area (Å²) in [5.74, 6) is 1.72. The number of nitrogens with zero attached hydrogens (tertiary/aromatic N) is 3. The lowest BCUT2D eigenvalue weighted by Gasteiger charge is -2.11. The normalized spacial score (nSPS) is 11.8. The predicted octanol–water partition coefficient (Wildman–Crippen LogP) is 3.75. The summed E-state index contributed by atoms with van der Waals surface area (Å²) in [6.45, 7) is 0.189. The topological polar surface area (TPSA) is 107 Å². The monoisotopic (exact) mass is 487 g/mol. The van der Waals surface area contributed by atoms with E-state index in [1.54, 1.807) is 31.3 Å². The number of fused-ring (bicyclic) bond motifs is 1. The van der Waals surface area contributed by atoms with Gasteiger partial charge >= 0.3 is 0 Å². The highest BCUT2D eigenvalue weighted by Crippen LogP contribution is 2.37. The minimum Gasteiger partial charge on any atom is -0.454 e. The molecule has 35 heavy (non-hydrogen) atoms. The Kier molecular flexibility index (Phi) is 6.36. The van der Waals surface area contributed by atoms with Crippen LogP contribution in [-0.2, 0) is 4.79 Å². The number of anilines is 1. The van der Waals surface area contributed by atoms with E-state index >= 15 is 0 Å². The van der Waals surface area contributed by atoms with E-state index in [9.17, 15) is 9.59 Å². The number of thioether (sulfide) groups is 1. The third-order valence-corrected chi connectivity index (χ3v) is 6.20. The Morgan fingerprint density at radius 2 is 1.74 bits per heavy atom. The molecule has 5 rings (SSSR count). The quantitative estimate of drug-likeness (QED) is 0.382. The van der Waals surface area contributed by atoms with Gasteiger partial charge < -0.3 is 20.1 Å². The van der Waals surface area contributed by atoms with E-state index in [1.165, 1.54) is 11.8 Å². The van der Waals surface area contributed by atoms with Gasteiger partial charge in [0.25, 0.3) is 5.91 Å². The van der Waals surface area contributed by atoms with Crippen LogP contribution in [0.1, 0.15) is 10.4 Å². The van der Waals surface area contributed by atoms with Crippen LogP contribution < -0.4 is 20.1 Å². The molecule has 0 bridgehead atoms. The van der Waals surface area contributed by atoms with Gasteiger partial charge in [-0.05, 0) is 54.6 Å². The molecule has 0 aliphatic carbocycles. The standard InChI is InChI=1S/C25H21N5O4S/c1-26-24(32)16-7-10-18(11-8-16)27-22(31)14-35-25-29-28-23(30(25)19-5-3-2-4-6-19)17-9-12-20-21(13-17)34-15-33-20/h2-13H,14-15H2,1H3,(H,26,32)(H,27,31). The molecule has 10 heteroatoms. The summed E-state index contributed by atoms with van der Waals surface area (Å²) in [5.41, 5.74) is 2.82. The smallest absolute Gasteiger partial charge is 0.251 e. The second-order valence-electron chi connectivity index (χ2n) is 7.54. The molecule has 1 aliphatic rings. The molecule has 0 unspecified atom stereocenters. The van der Waals surface area contributed by atoms with Crippen LogP contribution in [0.15, 0.2) is 78.0 Å². The van der Waals surface area contributed by atoms with Crippen molar-refractivity contribution in [1.82, 2.24) is 20.1 Å². The molecule has 176 valence electrons. The molecule has 1 aliphatic heterocycles. The molecule has 2 N–H and O–H groups in total. The summed E-state index contributed by atoms with van der Waals surface area (Å²) >= 11 is 1.28. The van der Waals surface area contributed by atoms with Crippen molar-refractivity contribution >= 4 is 29.3 Å². The SMILES string of the molecule is CNC(=O)c1ccc(NC(=O)CSc2nnc(-c3ccc4c(c3)OCO4)n2-c2ccccc2)cc1. The zero-order valence-electron chi connectivity index (χ0n) is 18.7. The predicted molar refractivity (Wildman–Crippen MR) is 132 cm³/mol. The van der Waals surface area contributed by atoms with E-state index in [2.05, 4.69) is 20.8 Å². The first-order valence-corrected chi connectivity index (χ1v) is 11.8. The van der Waals surface area contributed by atoms with Crippen molar-refractivity contribution in [1.29, 1.82) is 0 Å². The first-order chi connectivity index (χ1) is 17.1. The molecule has 1 aromatic heterocycles. The summed E-state index contributed by atoms with van der Waals surface area (Å²) in [7, 11) is 1.57. The first kappa shape index (κ1) is 22.5. The van der Waals surface area contributed by atoms with Crippen LogP contribution in [0.3, 0.4) is 0 Å². The highest BCUT2D eigenvalue weighted by atomic mass is 32.2. The Balaban J connectivity index is 1.35. The molecular formula is C25H21N5O4S. The number of aromatic nitrogens is 3. The van der Waals surface area contributed by atoms with Crippen molar-refractivity contribution in [3.8, 4) is 28.6 Å². The second kappa shape index (κ2) is 9.90. The molecule has 3 aromatic carbocycles. The van der Waals surface area contributed by atoms with Crippen LogP contribution in [0.4, 0.5) is 5.69 Å². The number of ether oxygens (including phenoxy) is 2. The second-order valence-corrected chi connectivity index (χ2v) is 8.48. The molecule has 0 saturated carbocycles. The van der Waals surface area contributed by atoms with Gasteiger partial charge in [0.05, 0.1) is 5.75 Å². The zero-order chi connectivity index (χ0) is 24.2. The van der Waals surface area contributed by atoms with Crippen molar-refractivity contribution in [3.05, 3.63) is 78.4 Å². The van der Waals surface area contributed by atoms with E-state index in [-0.39, 0.29) is 24.4 Å². The highest BCUT2D eigenvalue weighted by Gasteiger charge is 2.20. The fraction of sp³-hybridized carbons (Fsp3) is 0.120. The van der Waals surface area contributed by atoms with Crippen molar-refractivity contribution in [2.45, 2.75) is 5.16 Å². The fourth-order valence-electron chi connectivity index (χ4n) is 3.57. The maximum atomic E-state index is 12.6. The number of amides is 2. The van der Waals surface area contributed by atoms with E-state index in [0.29, 0.717) is 33.7 Å². The van der Waals surface area contributed by atoms with Crippen LogP contribution in [0.2, 0.25) is 0 Å². The van der Waals surface area contributed by atoms with Crippen molar-refractivity contribution < 1.29 is 19.1 Å². The fourth-order valence-corrected chi connectivity index (χ4v) is 4.32. The molecule has 0 spiro atoms. The van der Waals surface area contributed by atoms with Crippen molar-refractivity contribution in [3.63, 3.8) is 0 Å². The van der Waals surface area contributed by atoms with Gasteiger partial charge in [0.15, 0.2) is 22.5 Å². The Hall–Kier alpha value is -4.31. The molecule has 0 radical (unpaired) electrons. The van der Waals surface area contributed by atoms with Gasteiger partial charge in [0.1, 0.15) is 0 Å². The van der Waals surface area contributed by atoms with Gasteiger partial charge in [-0.2, -0.15) is 0 Å². The van der Waals surface area contributed by atoms with Crippen molar-refractivity contribution in [2.75, 3.05) is 24.9 Å². The summed E-state index contributed by atoms with van der Waals surface area (Å²) in [6.07, 6.45) is 0. The van der Waals surface area contributed by atoms with E-state index in [0.717, 1.165) is 11.3 Å². The summed E-state index contributed by atoms with van der Waals surface area (Å²) in [6, 6.07) is 22.0. The molecule has 2 amide bonds. The largest absolute Gasteiger partial charge is 0.454 e. The highest BCUT2D eigenvalue weighted by molar-refractivity contribution is 7.99. The van der Waals surface area contributed by atoms with E-state index in [4.69, 9.17) is 9.47 Å². The molecule has 2 heterocycles. The third-order valence-electron chi connectivity index (χ3n) is 5.27. The third kappa shape index (κ3) is 4.82. The summed E-state index contributed by atoms with van der Waals surface area (Å²) in [4.78, 5) is 24.3. The van der Waals surface area contributed by atoms with Gasteiger partial charge in [-0.1, -0.05) is 30.0 Å².